The number of ketones is 1. The molecule has 0 saturated carbocycles. The van der Waals surface area contributed by atoms with Crippen molar-refractivity contribution in [1.29, 1.82) is 0 Å². The minimum atomic E-state index is -1.38. The van der Waals surface area contributed by atoms with Crippen molar-refractivity contribution in [2.75, 3.05) is 6.61 Å². The number of aliphatic hydroxyl groups excluding tert-OH is 2. The van der Waals surface area contributed by atoms with Crippen molar-refractivity contribution in [2.45, 2.75) is 76.2 Å². The summed E-state index contributed by atoms with van der Waals surface area (Å²) in [6.07, 6.45) is -0.859. The van der Waals surface area contributed by atoms with E-state index in [-0.39, 0.29) is 48.4 Å². The minimum Gasteiger partial charge on any atom is -0.390 e. The van der Waals surface area contributed by atoms with Gasteiger partial charge in [-0.2, -0.15) is 0 Å². The van der Waals surface area contributed by atoms with Crippen molar-refractivity contribution < 1.29 is 29.6 Å². The molecule has 0 aromatic rings. The van der Waals surface area contributed by atoms with E-state index < -0.39 is 29.5 Å². The summed E-state index contributed by atoms with van der Waals surface area (Å²) < 4.78 is 12.6. The predicted molar refractivity (Wildman–Crippen MR) is 93.3 cm³/mol. The SMILES string of the molecule is CC1=CC(=O)C2C(C)COC3(C)C(O)CC(O)C(C)(O)CC4OC3C2C14. The van der Waals surface area contributed by atoms with Gasteiger partial charge in [-0.05, 0) is 32.8 Å². The normalized spacial score (nSPS) is 56.9. The number of rotatable bonds is 0. The molecule has 3 saturated heterocycles. The van der Waals surface area contributed by atoms with Crippen molar-refractivity contribution in [1.82, 2.24) is 0 Å². The molecule has 10 unspecified atom stereocenters. The zero-order valence-corrected chi connectivity index (χ0v) is 15.9. The zero-order chi connectivity index (χ0) is 19.0. The maximum Gasteiger partial charge on any atom is 0.159 e. The van der Waals surface area contributed by atoms with Crippen molar-refractivity contribution in [2.24, 2.45) is 23.7 Å². The zero-order valence-electron chi connectivity index (χ0n) is 15.9. The van der Waals surface area contributed by atoms with Crippen molar-refractivity contribution in [3.8, 4) is 0 Å². The topological polar surface area (TPSA) is 96.2 Å². The fraction of sp³-hybridized carbons (Fsp3) is 0.850. The standard InChI is InChI=1S/C20H30O6/c1-9-5-11(21)15-10(2)8-25-20(4)14(23)6-13(22)19(3,24)7-12-16(9)17(15)18(20)26-12/h5,10,12-18,22-24H,6-8H2,1-4H3. The van der Waals surface area contributed by atoms with E-state index in [4.69, 9.17) is 9.47 Å². The summed E-state index contributed by atoms with van der Waals surface area (Å²) >= 11 is 0. The van der Waals surface area contributed by atoms with Gasteiger partial charge in [0.15, 0.2) is 5.78 Å². The average molecular weight is 366 g/mol. The van der Waals surface area contributed by atoms with Gasteiger partial charge in [-0.3, -0.25) is 4.79 Å². The molecule has 0 amide bonds. The van der Waals surface area contributed by atoms with Crippen LogP contribution in [-0.4, -0.2) is 63.3 Å². The summed E-state index contributed by atoms with van der Waals surface area (Å²) in [5.74, 6) is -0.182. The maximum absolute atomic E-state index is 12.8. The molecule has 3 aliphatic heterocycles. The first-order valence-electron chi connectivity index (χ1n) is 9.66. The Bertz CT molecular complexity index is 642. The van der Waals surface area contributed by atoms with Crippen LogP contribution in [0.2, 0.25) is 0 Å². The first-order chi connectivity index (χ1) is 12.1. The van der Waals surface area contributed by atoms with E-state index in [1.54, 1.807) is 13.0 Å². The maximum atomic E-state index is 12.8. The number of ether oxygens (including phenoxy) is 2. The average Bonchev–Trinajstić information content (AvgIpc) is 2.86. The van der Waals surface area contributed by atoms with Crippen molar-refractivity contribution in [3.63, 3.8) is 0 Å². The molecule has 1 aliphatic carbocycles. The van der Waals surface area contributed by atoms with Gasteiger partial charge in [-0.1, -0.05) is 12.5 Å². The van der Waals surface area contributed by atoms with E-state index in [0.29, 0.717) is 6.61 Å². The molecule has 26 heavy (non-hydrogen) atoms. The fourth-order valence-electron chi connectivity index (χ4n) is 5.79. The Morgan fingerprint density at radius 3 is 2.58 bits per heavy atom. The molecule has 6 nitrogen and oxygen atoms in total. The molecular weight excluding hydrogens is 336 g/mol. The number of carbonyl (C=O) groups is 1. The van der Waals surface area contributed by atoms with Gasteiger partial charge in [0.1, 0.15) is 5.60 Å². The van der Waals surface area contributed by atoms with E-state index in [9.17, 15) is 20.1 Å². The number of hydrogen-bond donors (Lipinski definition) is 3. The van der Waals surface area contributed by atoms with Gasteiger partial charge in [0, 0.05) is 30.6 Å². The Labute approximate surface area is 154 Å². The summed E-state index contributed by atoms with van der Waals surface area (Å²) in [7, 11) is 0. The molecule has 2 bridgehead atoms. The lowest BCUT2D eigenvalue weighted by Gasteiger charge is -2.43. The molecule has 4 rings (SSSR count). The third-order valence-corrected chi connectivity index (χ3v) is 7.40. The van der Waals surface area contributed by atoms with E-state index in [1.165, 1.54) is 0 Å². The van der Waals surface area contributed by atoms with Crippen LogP contribution in [0.3, 0.4) is 0 Å². The first-order valence-corrected chi connectivity index (χ1v) is 9.66. The molecule has 3 heterocycles. The molecule has 6 heteroatoms. The first kappa shape index (κ1) is 18.6. The molecule has 10 atom stereocenters. The third kappa shape index (κ3) is 2.46. The molecule has 0 aromatic heterocycles. The molecular formula is C20H30O6. The lowest BCUT2D eigenvalue weighted by Crippen LogP contribution is -2.56. The Balaban J connectivity index is 1.88. The van der Waals surface area contributed by atoms with Crippen LogP contribution in [0.1, 0.15) is 40.5 Å². The lowest BCUT2D eigenvalue weighted by atomic mass is 9.62. The van der Waals surface area contributed by atoms with E-state index in [0.717, 1.165) is 5.57 Å². The number of aliphatic hydroxyl groups is 3. The molecule has 0 radical (unpaired) electrons. The molecule has 0 aromatic carbocycles. The van der Waals surface area contributed by atoms with Crippen LogP contribution in [-0.2, 0) is 14.3 Å². The fourth-order valence-corrected chi connectivity index (χ4v) is 5.79. The van der Waals surface area contributed by atoms with Crippen molar-refractivity contribution >= 4 is 5.78 Å². The molecule has 4 aliphatic rings. The largest absolute Gasteiger partial charge is 0.390 e. The van der Waals surface area contributed by atoms with Gasteiger partial charge in [0.25, 0.3) is 0 Å². The number of hydrogen-bond acceptors (Lipinski definition) is 6. The van der Waals surface area contributed by atoms with E-state index in [1.807, 2.05) is 20.8 Å². The lowest BCUT2D eigenvalue weighted by molar-refractivity contribution is -0.187. The van der Waals surface area contributed by atoms with Gasteiger partial charge in [-0.15, -0.1) is 0 Å². The highest BCUT2D eigenvalue weighted by Gasteiger charge is 2.64. The van der Waals surface area contributed by atoms with Crippen LogP contribution in [0.5, 0.6) is 0 Å². The second-order valence-electron chi connectivity index (χ2n) is 9.32. The van der Waals surface area contributed by atoms with E-state index >= 15 is 0 Å². The second-order valence-corrected chi connectivity index (χ2v) is 9.32. The summed E-state index contributed by atoms with van der Waals surface area (Å²) in [5.41, 5.74) is -1.45. The minimum absolute atomic E-state index is 0.00921. The van der Waals surface area contributed by atoms with Crippen molar-refractivity contribution in [3.05, 3.63) is 11.6 Å². The van der Waals surface area contributed by atoms with Crippen LogP contribution >= 0.6 is 0 Å². The van der Waals surface area contributed by atoms with Crippen LogP contribution in [0.4, 0.5) is 0 Å². The quantitative estimate of drug-likeness (QED) is 0.588. The van der Waals surface area contributed by atoms with Crippen LogP contribution < -0.4 is 0 Å². The van der Waals surface area contributed by atoms with Gasteiger partial charge in [-0.25, -0.2) is 0 Å². The number of fused-ring (bicyclic) bond motifs is 2. The summed E-state index contributed by atoms with van der Waals surface area (Å²) in [4.78, 5) is 12.8. The van der Waals surface area contributed by atoms with E-state index in [2.05, 4.69) is 0 Å². The molecule has 3 fully saturated rings. The number of carbonyl (C=O) groups excluding carboxylic acids is 1. The van der Waals surface area contributed by atoms with Gasteiger partial charge >= 0.3 is 0 Å². The smallest absolute Gasteiger partial charge is 0.159 e. The molecule has 0 spiro atoms. The Hall–Kier alpha value is -0.790. The van der Waals surface area contributed by atoms with Gasteiger partial charge in [0.05, 0.1) is 36.6 Å². The Morgan fingerprint density at radius 2 is 1.88 bits per heavy atom. The van der Waals surface area contributed by atoms with Crippen LogP contribution in [0.25, 0.3) is 0 Å². The van der Waals surface area contributed by atoms with Gasteiger partial charge in [0.2, 0.25) is 0 Å². The highest BCUT2D eigenvalue weighted by molar-refractivity contribution is 5.94. The monoisotopic (exact) mass is 366 g/mol. The highest BCUT2D eigenvalue weighted by atomic mass is 16.6. The second kappa shape index (κ2) is 5.85. The summed E-state index contributed by atoms with van der Waals surface area (Å²) in [5, 5.41) is 32.4. The number of allylic oxidation sites excluding steroid dienone is 1. The van der Waals surface area contributed by atoms with Crippen LogP contribution in [0, 0.1) is 23.7 Å². The van der Waals surface area contributed by atoms with Gasteiger partial charge < -0.3 is 24.8 Å². The molecule has 146 valence electrons. The van der Waals surface area contributed by atoms with Crippen LogP contribution in [0.15, 0.2) is 11.6 Å². The Morgan fingerprint density at radius 1 is 1.19 bits per heavy atom. The summed E-state index contributed by atoms with van der Waals surface area (Å²) in [6, 6.07) is 0. The highest BCUT2D eigenvalue weighted by Crippen LogP contribution is 2.55. The third-order valence-electron chi connectivity index (χ3n) is 7.40. The predicted octanol–water partition coefficient (Wildman–Crippen LogP) is 0.823. The Kier molecular flexibility index (Phi) is 4.18. The molecule has 3 N–H and O–H groups in total. The summed E-state index contributed by atoms with van der Waals surface area (Å²) in [6.45, 7) is 7.73.